The Morgan fingerprint density at radius 2 is 1.43 bits per heavy atom. The average molecular weight is 639 g/mol. The summed E-state index contributed by atoms with van der Waals surface area (Å²) < 4.78 is 41.1. The third-order valence-corrected chi connectivity index (χ3v) is 9.00. The maximum absolute atomic E-state index is 13.4. The van der Waals surface area contributed by atoms with Crippen molar-refractivity contribution in [2.75, 3.05) is 64.8 Å². The van der Waals surface area contributed by atoms with Crippen LogP contribution in [-0.2, 0) is 19.6 Å². The fourth-order valence-electron chi connectivity index (χ4n) is 6.41. The molecule has 1 spiro atoms. The fourth-order valence-corrected chi connectivity index (χ4v) is 6.41. The van der Waals surface area contributed by atoms with Crippen molar-refractivity contribution in [3.8, 4) is 23.0 Å². The van der Waals surface area contributed by atoms with Crippen LogP contribution in [0.1, 0.15) is 29.8 Å². The lowest BCUT2D eigenvalue weighted by atomic mass is 9.77. The first kappa shape index (κ1) is 31.0. The van der Waals surface area contributed by atoms with Crippen molar-refractivity contribution in [3.05, 3.63) is 83.9 Å². The van der Waals surface area contributed by atoms with Crippen molar-refractivity contribution < 1.29 is 38.0 Å². The first-order chi connectivity index (χ1) is 22.9. The summed E-state index contributed by atoms with van der Waals surface area (Å²) in [5.74, 6) is 1.45. The molecule has 0 radical (unpaired) electrons. The lowest BCUT2D eigenvalue weighted by Gasteiger charge is -2.45. The minimum absolute atomic E-state index is 0.282. The second kappa shape index (κ2) is 12.9. The molecule has 47 heavy (non-hydrogen) atoms. The number of para-hydroxylation sites is 1. The van der Waals surface area contributed by atoms with E-state index in [1.807, 2.05) is 43.6 Å². The highest BCUT2D eigenvalue weighted by Gasteiger charge is 2.58. The van der Waals surface area contributed by atoms with Crippen molar-refractivity contribution in [3.63, 3.8) is 0 Å². The zero-order chi connectivity index (χ0) is 32.4. The van der Waals surface area contributed by atoms with Crippen LogP contribution in [0.2, 0.25) is 0 Å². The molecular weight excluding hydrogens is 600 g/mol. The van der Waals surface area contributed by atoms with Crippen LogP contribution < -0.4 is 23.8 Å². The number of fused-ring (bicyclic) bond motifs is 5. The molecule has 1 atom stereocenters. The van der Waals surface area contributed by atoms with Gasteiger partial charge in [0, 0.05) is 18.1 Å². The Morgan fingerprint density at radius 1 is 0.766 bits per heavy atom. The number of nitrogens with zero attached hydrogens (tertiary/aromatic N) is 2. The quantitative estimate of drug-likeness (QED) is 0.191. The van der Waals surface area contributed by atoms with E-state index >= 15 is 0 Å². The molecule has 0 fully saturated rings. The zero-order valence-corrected chi connectivity index (χ0v) is 26.8. The Kier molecular flexibility index (Phi) is 8.48. The van der Waals surface area contributed by atoms with Crippen LogP contribution in [0.15, 0.2) is 77.8 Å². The number of ether oxygens (including phenoxy) is 7. The molecule has 0 amide bonds. The van der Waals surface area contributed by atoms with E-state index in [1.165, 1.54) is 5.56 Å². The highest BCUT2D eigenvalue weighted by atomic mass is 16.6. The van der Waals surface area contributed by atoms with Gasteiger partial charge >= 0.3 is 5.97 Å². The van der Waals surface area contributed by atoms with Gasteiger partial charge in [0.1, 0.15) is 30.4 Å². The lowest BCUT2D eigenvalue weighted by molar-refractivity contribution is 0.00708. The SMILES string of the molecule is CN1c2ccccc2C(C)(C)C12C=Nc1c(ccc3ccc(OC(=O)c4ccc5c(c4)OCCOCCOCCOCCO5)cc13)O2. The largest absolute Gasteiger partial charge is 0.487 e. The molecule has 0 saturated carbocycles. The van der Waals surface area contributed by atoms with Gasteiger partial charge < -0.3 is 38.1 Å². The molecule has 244 valence electrons. The first-order valence-corrected chi connectivity index (χ1v) is 15.9. The van der Waals surface area contributed by atoms with Gasteiger partial charge in [-0.3, -0.25) is 4.99 Å². The minimum Gasteiger partial charge on any atom is -0.487 e. The molecule has 4 aromatic rings. The summed E-state index contributed by atoms with van der Waals surface area (Å²) >= 11 is 0. The van der Waals surface area contributed by atoms with Crippen molar-refractivity contribution in [1.29, 1.82) is 0 Å². The fraction of sp³-hybridized carbons (Fsp3) is 0.351. The van der Waals surface area contributed by atoms with Crippen molar-refractivity contribution in [1.82, 2.24) is 0 Å². The van der Waals surface area contributed by atoms with Crippen molar-refractivity contribution in [2.45, 2.75) is 25.0 Å². The third-order valence-electron chi connectivity index (χ3n) is 9.00. The molecule has 0 bridgehead atoms. The highest BCUT2D eigenvalue weighted by molar-refractivity contribution is 6.01. The van der Waals surface area contributed by atoms with Gasteiger partial charge in [0.25, 0.3) is 0 Å². The van der Waals surface area contributed by atoms with Gasteiger partial charge in [-0.2, -0.15) is 0 Å². The molecule has 0 aliphatic carbocycles. The second-order valence-electron chi connectivity index (χ2n) is 12.1. The number of likely N-dealkylation sites (N-methyl/N-ethyl adjacent to an activating group) is 1. The van der Waals surface area contributed by atoms with E-state index in [0.717, 1.165) is 16.5 Å². The summed E-state index contributed by atoms with van der Waals surface area (Å²) in [6.07, 6.45) is 1.90. The van der Waals surface area contributed by atoms with E-state index < -0.39 is 11.7 Å². The zero-order valence-electron chi connectivity index (χ0n) is 26.8. The van der Waals surface area contributed by atoms with Crippen molar-refractivity contribution >= 4 is 34.3 Å². The predicted molar refractivity (Wildman–Crippen MR) is 178 cm³/mol. The highest BCUT2D eigenvalue weighted by Crippen LogP contribution is 2.54. The maximum atomic E-state index is 13.4. The molecule has 3 aliphatic rings. The molecule has 4 aromatic carbocycles. The third kappa shape index (κ3) is 5.77. The van der Waals surface area contributed by atoms with Gasteiger partial charge in [-0.15, -0.1) is 0 Å². The van der Waals surface area contributed by atoms with Crippen LogP contribution >= 0.6 is 0 Å². The van der Waals surface area contributed by atoms with Gasteiger partial charge in [-0.1, -0.05) is 30.3 Å². The number of carbonyl (C=O) groups excluding carboxylic acids is 1. The standard InChI is InChI=1S/C37H38N2O8/c1-36(2)29-6-4-5-7-30(29)39(3)37(36)24-38-34-28-23-27(11-8-25(28)9-13-32(34)47-37)46-35(40)26-10-12-31-33(22-26)45-21-19-43-17-15-41-14-16-42-18-20-44-31/h4-13,22-24H,14-21H2,1-3H3. The van der Waals surface area contributed by atoms with Crippen LogP contribution in [0, 0.1) is 0 Å². The van der Waals surface area contributed by atoms with Gasteiger partial charge in [-0.25, -0.2) is 4.79 Å². The number of hydrogen-bond donors (Lipinski definition) is 0. The molecule has 0 N–H and O–H groups in total. The van der Waals surface area contributed by atoms with Crippen LogP contribution in [0.3, 0.4) is 0 Å². The van der Waals surface area contributed by atoms with E-state index in [-0.39, 0.29) is 12.0 Å². The Hall–Kier alpha value is -4.64. The summed E-state index contributed by atoms with van der Waals surface area (Å²) in [6.45, 7) is 7.63. The predicted octanol–water partition coefficient (Wildman–Crippen LogP) is 6.10. The number of anilines is 1. The molecule has 10 nitrogen and oxygen atoms in total. The Morgan fingerprint density at radius 3 is 2.17 bits per heavy atom. The summed E-state index contributed by atoms with van der Waals surface area (Å²) in [5, 5.41) is 1.77. The normalized spacial score (nSPS) is 20.9. The number of rotatable bonds is 2. The summed E-state index contributed by atoms with van der Waals surface area (Å²) in [4.78, 5) is 20.5. The average Bonchev–Trinajstić information content (AvgIpc) is 3.23. The van der Waals surface area contributed by atoms with Crippen LogP contribution in [0.5, 0.6) is 23.0 Å². The van der Waals surface area contributed by atoms with E-state index in [0.29, 0.717) is 80.5 Å². The summed E-state index contributed by atoms with van der Waals surface area (Å²) in [7, 11) is 2.04. The molecule has 0 aromatic heterocycles. The Balaban J connectivity index is 1.12. The molecule has 7 rings (SSSR count). The van der Waals surface area contributed by atoms with E-state index in [9.17, 15) is 4.79 Å². The van der Waals surface area contributed by atoms with Crippen molar-refractivity contribution in [2.24, 2.45) is 4.99 Å². The lowest BCUT2D eigenvalue weighted by Crippen LogP contribution is -2.61. The van der Waals surface area contributed by atoms with Crippen LogP contribution in [0.4, 0.5) is 11.4 Å². The molecule has 0 saturated heterocycles. The Bertz CT molecular complexity index is 1820. The molecule has 3 heterocycles. The molecule has 10 heteroatoms. The maximum Gasteiger partial charge on any atom is 0.343 e. The number of hydrogen-bond acceptors (Lipinski definition) is 10. The topological polar surface area (TPSA) is 97.3 Å². The Labute approximate surface area is 273 Å². The monoisotopic (exact) mass is 638 g/mol. The smallest absolute Gasteiger partial charge is 0.343 e. The van der Waals surface area contributed by atoms with Crippen LogP contribution in [-0.4, -0.2) is 77.8 Å². The van der Waals surface area contributed by atoms with E-state index in [4.69, 9.17) is 38.2 Å². The summed E-state index contributed by atoms with van der Waals surface area (Å²) in [5.41, 5.74) is 2.17. The van der Waals surface area contributed by atoms with Gasteiger partial charge in [-0.05, 0) is 67.3 Å². The van der Waals surface area contributed by atoms with Gasteiger partial charge in [0.2, 0.25) is 5.72 Å². The molecule has 1 unspecified atom stereocenters. The van der Waals surface area contributed by atoms with E-state index in [2.05, 4.69) is 36.9 Å². The van der Waals surface area contributed by atoms with Gasteiger partial charge in [0.15, 0.2) is 11.5 Å². The number of esters is 1. The first-order valence-electron chi connectivity index (χ1n) is 15.9. The van der Waals surface area contributed by atoms with E-state index in [1.54, 1.807) is 24.3 Å². The van der Waals surface area contributed by atoms with Gasteiger partial charge in [0.05, 0.1) is 56.8 Å². The second-order valence-corrected chi connectivity index (χ2v) is 12.1. The molecular formula is C37H38N2O8. The molecule has 3 aliphatic heterocycles. The number of benzene rings is 4. The van der Waals surface area contributed by atoms with Crippen LogP contribution in [0.25, 0.3) is 10.8 Å². The number of carbonyl (C=O) groups is 1. The summed E-state index contributed by atoms with van der Waals surface area (Å²) in [6, 6.07) is 22.8. The minimum atomic E-state index is -0.792. The number of aliphatic imine (C=N–C) groups is 1.